The molecule has 0 aliphatic heterocycles. The molecule has 0 N–H and O–H groups in total. The van der Waals surface area contributed by atoms with E-state index in [1.807, 2.05) is 11.3 Å². The van der Waals surface area contributed by atoms with Crippen LogP contribution >= 0.6 is 11.3 Å². The quantitative estimate of drug-likeness (QED) is 0.151. The van der Waals surface area contributed by atoms with Gasteiger partial charge in [0.2, 0.25) is 0 Å². The first kappa shape index (κ1) is 24.4. The lowest BCUT2D eigenvalue weighted by molar-refractivity contribution is -0.121. The Morgan fingerprint density at radius 2 is 1.20 bits per heavy atom. The molecule has 2 atom stereocenters. The van der Waals surface area contributed by atoms with Gasteiger partial charge in [-0.05, 0) is 96.0 Å². The molecule has 3 aliphatic carbocycles. The average molecular weight is 579 g/mol. The topological polar surface area (TPSA) is 17.1 Å². The second-order valence-corrected chi connectivity index (χ2v) is 13.5. The maximum Gasteiger partial charge on any atom is 0.145 e. The summed E-state index contributed by atoms with van der Waals surface area (Å²) in [5.41, 5.74) is 7.35. The molecule has 1 heterocycles. The molecule has 206 valence electrons. The first-order valence-corrected chi connectivity index (χ1v) is 16.2. The van der Waals surface area contributed by atoms with Crippen LogP contribution in [0.2, 0.25) is 0 Å². The van der Waals surface area contributed by atoms with Gasteiger partial charge in [0.1, 0.15) is 5.78 Å². The minimum atomic E-state index is -0.0972. The highest BCUT2D eigenvalue weighted by Gasteiger charge is 2.32. The van der Waals surface area contributed by atoms with Crippen molar-refractivity contribution in [3.63, 3.8) is 0 Å². The zero-order valence-electron chi connectivity index (χ0n) is 23.9. The van der Waals surface area contributed by atoms with Crippen molar-refractivity contribution in [1.82, 2.24) is 0 Å². The second kappa shape index (κ2) is 8.98. The molecule has 2 unspecified atom stereocenters. The van der Waals surface area contributed by atoms with E-state index < -0.39 is 0 Å². The summed E-state index contributed by atoms with van der Waals surface area (Å²) in [5, 5.41) is 10.3. The Hall–Kier alpha value is -5.05. The second-order valence-electron chi connectivity index (χ2n) is 12.4. The molecule has 44 heavy (non-hydrogen) atoms. The molecule has 0 spiro atoms. The number of carbonyl (C=O) groups excluding carboxylic acids is 1. The van der Waals surface area contributed by atoms with E-state index in [1.165, 1.54) is 85.9 Å². The Morgan fingerprint density at radius 1 is 0.568 bits per heavy atom. The predicted octanol–water partition coefficient (Wildman–Crippen LogP) is 11.4. The molecular weight excluding hydrogens is 553 g/mol. The number of ketones is 1. The van der Waals surface area contributed by atoms with Gasteiger partial charge in [-0.15, -0.1) is 11.3 Å². The van der Waals surface area contributed by atoms with Crippen molar-refractivity contribution in [2.75, 3.05) is 0 Å². The number of allylic oxidation sites excluding steroid dienone is 4. The Morgan fingerprint density at radius 3 is 1.89 bits per heavy atom. The molecular formula is C42H26OS. The third-order valence-electron chi connectivity index (χ3n) is 9.86. The van der Waals surface area contributed by atoms with Crippen LogP contribution in [0.25, 0.3) is 80.3 Å². The lowest BCUT2D eigenvalue weighted by atomic mass is 9.73. The molecule has 0 saturated heterocycles. The Kier molecular flexibility index (Phi) is 4.98. The molecule has 0 amide bonds. The first-order valence-electron chi connectivity index (χ1n) is 15.3. The van der Waals surface area contributed by atoms with Gasteiger partial charge in [-0.25, -0.2) is 0 Å². The molecule has 2 heteroatoms. The normalized spacial score (nSPS) is 18.0. The van der Waals surface area contributed by atoms with Crippen LogP contribution in [-0.2, 0) is 4.79 Å². The third kappa shape index (κ3) is 3.49. The Bertz CT molecular complexity index is 2480. The van der Waals surface area contributed by atoms with E-state index in [0.29, 0.717) is 12.2 Å². The summed E-state index contributed by atoms with van der Waals surface area (Å²) < 4.78 is 2.69. The van der Waals surface area contributed by atoms with Crippen LogP contribution in [-0.4, -0.2) is 5.78 Å². The molecule has 1 nitrogen and oxygen atoms in total. The minimum absolute atomic E-state index is 0.0972. The van der Waals surface area contributed by atoms with Gasteiger partial charge in [0.15, 0.2) is 0 Å². The number of fused-ring (bicyclic) bond motifs is 4. The first-order chi connectivity index (χ1) is 21.7. The zero-order chi connectivity index (χ0) is 28.9. The van der Waals surface area contributed by atoms with Crippen LogP contribution in [0.3, 0.4) is 0 Å². The molecule has 3 aliphatic rings. The molecule has 7 aromatic carbocycles. The van der Waals surface area contributed by atoms with Gasteiger partial charge >= 0.3 is 0 Å². The van der Waals surface area contributed by atoms with Gasteiger partial charge in [-0.1, -0.05) is 103 Å². The Labute approximate surface area is 258 Å². The van der Waals surface area contributed by atoms with Crippen LogP contribution in [0.15, 0.2) is 133 Å². The molecule has 0 fully saturated rings. The van der Waals surface area contributed by atoms with Crippen molar-refractivity contribution >= 4 is 75.2 Å². The predicted molar refractivity (Wildman–Crippen MR) is 188 cm³/mol. The van der Waals surface area contributed by atoms with Gasteiger partial charge in [0, 0.05) is 32.5 Å². The van der Waals surface area contributed by atoms with Gasteiger partial charge in [-0.3, -0.25) is 4.79 Å². The van der Waals surface area contributed by atoms with Gasteiger partial charge in [0.25, 0.3) is 0 Å². The number of hydrogen-bond donors (Lipinski definition) is 0. The summed E-state index contributed by atoms with van der Waals surface area (Å²) in [4.78, 5) is 12.7. The summed E-state index contributed by atoms with van der Waals surface area (Å²) >= 11 is 1.88. The number of thiophene rings is 1. The van der Waals surface area contributed by atoms with Crippen molar-refractivity contribution < 1.29 is 4.79 Å². The highest BCUT2D eigenvalue weighted by molar-refractivity contribution is 7.26. The fourth-order valence-corrected chi connectivity index (χ4v) is 9.02. The lowest BCUT2D eigenvalue weighted by Crippen LogP contribution is -2.26. The van der Waals surface area contributed by atoms with Crippen LogP contribution in [0, 0.1) is 11.8 Å². The summed E-state index contributed by atoms with van der Waals surface area (Å²) in [6.07, 6.45) is 7.25. The van der Waals surface area contributed by atoms with E-state index in [1.54, 1.807) is 0 Å². The molecule has 1 aromatic heterocycles. The molecule has 11 rings (SSSR count). The number of hydrogen-bond acceptors (Lipinski definition) is 2. The monoisotopic (exact) mass is 578 g/mol. The maximum absolute atomic E-state index is 12.7. The van der Waals surface area contributed by atoms with E-state index in [9.17, 15) is 4.79 Å². The van der Waals surface area contributed by atoms with Crippen molar-refractivity contribution in [3.8, 4) is 22.3 Å². The summed E-state index contributed by atoms with van der Waals surface area (Å²) in [7, 11) is 0. The average Bonchev–Trinajstić information content (AvgIpc) is 3.46. The summed E-state index contributed by atoms with van der Waals surface area (Å²) in [6.45, 7) is 0. The highest BCUT2D eigenvalue weighted by Crippen LogP contribution is 2.44. The number of Topliss-reactive ketones (excluding diaryl/α,β-unsaturated/α-hetero) is 1. The van der Waals surface area contributed by atoms with E-state index in [-0.39, 0.29) is 11.8 Å². The zero-order valence-corrected chi connectivity index (χ0v) is 24.7. The number of carbonyl (C=O) groups is 1. The molecule has 0 radical (unpaired) electrons. The fourth-order valence-electron chi connectivity index (χ4n) is 7.78. The van der Waals surface area contributed by atoms with Crippen LogP contribution in [0.4, 0.5) is 0 Å². The highest BCUT2D eigenvalue weighted by atomic mass is 32.1. The van der Waals surface area contributed by atoms with E-state index in [2.05, 4.69) is 133 Å². The summed E-state index contributed by atoms with van der Waals surface area (Å²) in [5.74, 6) is 0.489. The van der Waals surface area contributed by atoms with Crippen molar-refractivity contribution in [2.45, 2.75) is 6.42 Å². The Balaban J connectivity index is 1.06. The van der Waals surface area contributed by atoms with Crippen LogP contribution in [0.1, 0.15) is 12.0 Å². The molecule has 0 saturated carbocycles. The molecule has 8 aromatic rings. The van der Waals surface area contributed by atoms with Crippen LogP contribution < -0.4 is 0 Å². The van der Waals surface area contributed by atoms with Crippen LogP contribution in [0.5, 0.6) is 0 Å². The SMILES string of the molecule is O=C1CC2C=CC1C(c1cc3ccc4cc(-c5ccc(-c6cccc7c6sc6ccccc67)cc5)cc5ccc(c1)c3c45)=C2. The number of rotatable bonds is 3. The number of benzene rings is 7. The van der Waals surface area contributed by atoms with E-state index >= 15 is 0 Å². The van der Waals surface area contributed by atoms with E-state index in [0.717, 1.165) is 0 Å². The standard InChI is InChI=1S/C42H26OS/c43-38-19-24-8-17-34(38)37(18-24)32-22-29-15-13-27-20-31(21-28-14-16-30(23-32)41(29)40(27)28)25-9-11-26(12-10-25)33-5-3-6-36-35-4-1-2-7-39(35)44-42(33)36/h1-18,20-24,34H,19H2. The van der Waals surface area contributed by atoms with Gasteiger partial charge < -0.3 is 0 Å². The molecule has 2 bridgehead atoms. The van der Waals surface area contributed by atoms with Crippen molar-refractivity contribution in [2.24, 2.45) is 11.8 Å². The van der Waals surface area contributed by atoms with Gasteiger partial charge in [0.05, 0.1) is 5.92 Å². The van der Waals surface area contributed by atoms with Crippen molar-refractivity contribution in [1.29, 1.82) is 0 Å². The summed E-state index contributed by atoms with van der Waals surface area (Å²) in [6, 6.07) is 42.7. The fraction of sp³-hybridized carbons (Fsp3) is 0.0714. The smallest absolute Gasteiger partial charge is 0.145 e. The largest absolute Gasteiger partial charge is 0.299 e. The lowest BCUT2D eigenvalue weighted by Gasteiger charge is -2.30. The van der Waals surface area contributed by atoms with Gasteiger partial charge in [-0.2, -0.15) is 0 Å². The van der Waals surface area contributed by atoms with E-state index in [4.69, 9.17) is 0 Å². The third-order valence-corrected chi connectivity index (χ3v) is 11.1. The maximum atomic E-state index is 12.7. The minimum Gasteiger partial charge on any atom is -0.299 e. The van der Waals surface area contributed by atoms with Crippen molar-refractivity contribution in [3.05, 3.63) is 139 Å².